The molecule has 192 valence electrons. The van der Waals surface area contributed by atoms with Gasteiger partial charge in [-0.25, -0.2) is 9.48 Å². The normalized spacial score (nSPS) is 11.8. The van der Waals surface area contributed by atoms with Gasteiger partial charge in [-0.15, -0.1) is 0 Å². The lowest BCUT2D eigenvalue weighted by molar-refractivity contribution is -0.116. The number of halogens is 1. The molecule has 2 N–H and O–H groups in total. The van der Waals surface area contributed by atoms with Gasteiger partial charge in [0.15, 0.2) is 0 Å². The fraction of sp³-hybridized carbons (Fsp3) is 0.393. The number of carbonyl (C=O) groups is 2. The number of nitrogens with one attached hydrogen (secondary N) is 2. The molecule has 0 aliphatic heterocycles. The first-order valence-electron chi connectivity index (χ1n) is 12.1. The maximum Gasteiger partial charge on any atom is 0.318 e. The molecule has 36 heavy (non-hydrogen) atoms. The van der Waals surface area contributed by atoms with E-state index < -0.39 is 5.54 Å². The van der Waals surface area contributed by atoms with E-state index in [-0.39, 0.29) is 23.9 Å². The predicted octanol–water partition coefficient (Wildman–Crippen LogP) is 5.81. The number of carbonyl (C=O) groups excluding carboxylic acids is 2. The quantitative estimate of drug-likeness (QED) is 0.421. The number of para-hydroxylation sites is 1. The van der Waals surface area contributed by atoms with E-state index in [1.807, 2.05) is 75.4 Å². The van der Waals surface area contributed by atoms with Gasteiger partial charge in [-0.05, 0) is 44.9 Å². The van der Waals surface area contributed by atoms with E-state index in [4.69, 9.17) is 16.7 Å². The van der Waals surface area contributed by atoms with Crippen molar-refractivity contribution in [3.05, 3.63) is 76.9 Å². The summed E-state index contributed by atoms with van der Waals surface area (Å²) in [5.41, 5.74) is 1.90. The smallest absolute Gasteiger partial charge is 0.318 e. The Bertz CT molecular complexity index is 1190. The molecule has 7 nitrogen and oxygen atoms in total. The zero-order valence-corrected chi connectivity index (χ0v) is 22.7. The second-order valence-electron chi connectivity index (χ2n) is 10.9. The number of benzene rings is 2. The molecule has 0 spiro atoms. The number of amides is 3. The van der Waals surface area contributed by atoms with Crippen LogP contribution in [0.5, 0.6) is 0 Å². The van der Waals surface area contributed by atoms with Crippen molar-refractivity contribution in [3.8, 4) is 5.69 Å². The van der Waals surface area contributed by atoms with Crippen molar-refractivity contribution in [2.75, 3.05) is 18.4 Å². The summed E-state index contributed by atoms with van der Waals surface area (Å²) in [6.07, 6.45) is 0.636. The average molecular weight is 510 g/mol. The Balaban J connectivity index is 1.84. The molecular weight excluding hydrogens is 474 g/mol. The van der Waals surface area contributed by atoms with Crippen LogP contribution in [0, 0.1) is 0 Å². The van der Waals surface area contributed by atoms with Gasteiger partial charge in [0, 0.05) is 23.6 Å². The summed E-state index contributed by atoms with van der Waals surface area (Å²) < 4.78 is 1.64. The molecule has 0 fully saturated rings. The van der Waals surface area contributed by atoms with E-state index in [1.165, 1.54) is 4.90 Å². The van der Waals surface area contributed by atoms with Gasteiger partial charge in [-0.2, -0.15) is 5.10 Å². The van der Waals surface area contributed by atoms with Crippen molar-refractivity contribution in [3.63, 3.8) is 0 Å². The van der Waals surface area contributed by atoms with Crippen LogP contribution in [0.15, 0.2) is 60.7 Å². The highest BCUT2D eigenvalue weighted by molar-refractivity contribution is 6.32. The summed E-state index contributed by atoms with van der Waals surface area (Å²) in [5.74, 6) is 0.179. The molecule has 1 aromatic heterocycles. The Labute approximate surface area is 218 Å². The lowest BCUT2D eigenvalue weighted by Crippen LogP contribution is -2.51. The SMILES string of the molecule is CC(C)(C)NC(=O)N(CCc1ccccc1)CC(=O)Nc1cc(C(C)(C)C)nn1-c1ccccc1Cl. The largest absolute Gasteiger partial charge is 0.333 e. The zero-order chi connectivity index (χ0) is 26.5. The zero-order valence-electron chi connectivity index (χ0n) is 21.9. The first-order chi connectivity index (χ1) is 16.8. The molecule has 3 amide bonds. The highest BCUT2D eigenvalue weighted by Crippen LogP contribution is 2.29. The first-order valence-corrected chi connectivity index (χ1v) is 12.5. The van der Waals surface area contributed by atoms with Crippen LogP contribution in [-0.4, -0.2) is 45.2 Å². The minimum Gasteiger partial charge on any atom is -0.333 e. The van der Waals surface area contributed by atoms with Crippen molar-refractivity contribution in [2.45, 2.75) is 58.9 Å². The third-order valence-electron chi connectivity index (χ3n) is 5.44. The topological polar surface area (TPSA) is 79.3 Å². The average Bonchev–Trinajstić information content (AvgIpc) is 3.20. The van der Waals surface area contributed by atoms with Crippen LogP contribution < -0.4 is 10.6 Å². The Morgan fingerprint density at radius 2 is 1.61 bits per heavy atom. The standard InChI is InChI=1S/C28H36ClN5O2/c1-27(2,3)23-18-24(34(32-23)22-15-11-10-14-21(22)29)30-25(35)19-33(26(36)31-28(4,5)6)17-16-20-12-8-7-9-13-20/h7-15,18H,16-17,19H2,1-6H3,(H,30,35)(H,31,36). The Morgan fingerprint density at radius 1 is 0.972 bits per heavy atom. The monoisotopic (exact) mass is 509 g/mol. The number of anilines is 1. The Morgan fingerprint density at radius 3 is 2.22 bits per heavy atom. The molecule has 0 saturated heterocycles. The summed E-state index contributed by atoms with van der Waals surface area (Å²) in [4.78, 5) is 27.8. The van der Waals surface area contributed by atoms with Crippen LogP contribution in [0.1, 0.15) is 52.8 Å². The molecular formula is C28H36ClN5O2. The highest BCUT2D eigenvalue weighted by atomic mass is 35.5. The summed E-state index contributed by atoms with van der Waals surface area (Å²) in [7, 11) is 0. The van der Waals surface area contributed by atoms with Gasteiger partial charge < -0.3 is 15.5 Å². The number of nitrogens with zero attached hydrogens (tertiary/aromatic N) is 3. The summed E-state index contributed by atoms with van der Waals surface area (Å²) >= 11 is 6.44. The molecule has 8 heteroatoms. The molecule has 2 aromatic carbocycles. The molecule has 0 radical (unpaired) electrons. The molecule has 3 rings (SSSR count). The van der Waals surface area contributed by atoms with Gasteiger partial charge in [0.1, 0.15) is 12.4 Å². The van der Waals surface area contributed by atoms with Gasteiger partial charge in [0.05, 0.1) is 16.4 Å². The summed E-state index contributed by atoms with van der Waals surface area (Å²) in [5, 5.41) is 11.2. The van der Waals surface area contributed by atoms with Gasteiger partial charge in [0.2, 0.25) is 5.91 Å². The number of urea groups is 1. The fourth-order valence-electron chi connectivity index (χ4n) is 3.56. The Hall–Kier alpha value is -3.32. The lowest BCUT2D eigenvalue weighted by atomic mass is 9.92. The Kier molecular flexibility index (Phi) is 8.46. The summed E-state index contributed by atoms with van der Waals surface area (Å²) in [6, 6.07) is 18.8. The molecule has 0 aliphatic rings. The maximum absolute atomic E-state index is 13.2. The van der Waals surface area contributed by atoms with Gasteiger partial charge in [-0.1, -0.05) is 74.8 Å². The minimum absolute atomic E-state index is 0.104. The second-order valence-corrected chi connectivity index (χ2v) is 11.3. The number of hydrogen-bond acceptors (Lipinski definition) is 3. The van der Waals surface area contributed by atoms with Crippen LogP contribution >= 0.6 is 11.6 Å². The first kappa shape index (κ1) is 27.3. The van der Waals surface area contributed by atoms with E-state index in [0.29, 0.717) is 29.5 Å². The van der Waals surface area contributed by atoms with E-state index in [2.05, 4.69) is 31.4 Å². The predicted molar refractivity (Wildman–Crippen MR) is 146 cm³/mol. The van der Waals surface area contributed by atoms with Crippen molar-refractivity contribution >= 4 is 29.4 Å². The van der Waals surface area contributed by atoms with E-state index >= 15 is 0 Å². The highest BCUT2D eigenvalue weighted by Gasteiger charge is 2.25. The van der Waals surface area contributed by atoms with Crippen LogP contribution in [0.3, 0.4) is 0 Å². The molecule has 0 unspecified atom stereocenters. The molecule has 0 saturated carbocycles. The van der Waals surface area contributed by atoms with Crippen molar-refractivity contribution in [2.24, 2.45) is 0 Å². The van der Waals surface area contributed by atoms with Gasteiger partial charge in [-0.3, -0.25) is 4.79 Å². The molecule has 3 aromatic rings. The number of aromatic nitrogens is 2. The molecule has 0 aliphatic carbocycles. The summed E-state index contributed by atoms with van der Waals surface area (Å²) in [6.45, 7) is 12.2. The fourth-order valence-corrected chi connectivity index (χ4v) is 3.78. The van der Waals surface area contributed by atoms with Crippen LogP contribution in [0.25, 0.3) is 5.69 Å². The molecule has 1 heterocycles. The molecule has 0 atom stereocenters. The second kappa shape index (κ2) is 11.2. The maximum atomic E-state index is 13.2. The van der Waals surface area contributed by atoms with Crippen LogP contribution in [-0.2, 0) is 16.6 Å². The van der Waals surface area contributed by atoms with Gasteiger partial charge >= 0.3 is 6.03 Å². The van der Waals surface area contributed by atoms with Crippen LogP contribution in [0.2, 0.25) is 5.02 Å². The lowest BCUT2D eigenvalue weighted by Gasteiger charge is -2.28. The number of hydrogen-bond donors (Lipinski definition) is 2. The van der Waals surface area contributed by atoms with E-state index in [9.17, 15) is 9.59 Å². The third-order valence-corrected chi connectivity index (χ3v) is 5.76. The van der Waals surface area contributed by atoms with Gasteiger partial charge in [0.25, 0.3) is 0 Å². The van der Waals surface area contributed by atoms with Crippen molar-refractivity contribution < 1.29 is 9.59 Å². The van der Waals surface area contributed by atoms with Crippen molar-refractivity contribution in [1.82, 2.24) is 20.0 Å². The van der Waals surface area contributed by atoms with E-state index in [0.717, 1.165) is 11.3 Å². The third kappa shape index (κ3) is 7.59. The van der Waals surface area contributed by atoms with Crippen LogP contribution in [0.4, 0.5) is 10.6 Å². The van der Waals surface area contributed by atoms with Crippen molar-refractivity contribution in [1.29, 1.82) is 0 Å². The molecule has 0 bridgehead atoms. The minimum atomic E-state index is -0.428. The number of rotatable bonds is 7. The van der Waals surface area contributed by atoms with E-state index in [1.54, 1.807) is 10.7 Å².